The van der Waals surface area contributed by atoms with Gasteiger partial charge in [-0.15, -0.1) is 5.10 Å². The predicted octanol–water partition coefficient (Wildman–Crippen LogP) is 4.72. The molecule has 8 nitrogen and oxygen atoms in total. The maximum absolute atomic E-state index is 12.8. The number of anilines is 1. The number of carbonyl (C=O) groups excluding carboxylic acids is 1. The van der Waals surface area contributed by atoms with E-state index in [2.05, 4.69) is 26.6 Å². The van der Waals surface area contributed by atoms with Gasteiger partial charge in [-0.2, -0.15) is 0 Å². The van der Waals surface area contributed by atoms with E-state index in [1.165, 1.54) is 0 Å². The van der Waals surface area contributed by atoms with Crippen molar-refractivity contribution in [3.05, 3.63) is 87.5 Å². The van der Waals surface area contributed by atoms with Crippen LogP contribution in [0.5, 0.6) is 5.75 Å². The Morgan fingerprint density at radius 3 is 2.56 bits per heavy atom. The predicted molar refractivity (Wildman–Crippen MR) is 120 cm³/mol. The molecular weight excluding hydrogens is 430 g/mol. The first kappa shape index (κ1) is 21.6. The van der Waals surface area contributed by atoms with E-state index in [1.807, 2.05) is 50.2 Å². The van der Waals surface area contributed by atoms with Crippen LogP contribution in [0.25, 0.3) is 0 Å². The second-order valence-corrected chi connectivity index (χ2v) is 7.96. The zero-order valence-corrected chi connectivity index (χ0v) is 18.7. The van der Waals surface area contributed by atoms with Crippen LogP contribution in [-0.4, -0.2) is 25.8 Å². The van der Waals surface area contributed by atoms with E-state index < -0.39 is 5.91 Å². The van der Waals surface area contributed by atoms with Gasteiger partial charge in [0, 0.05) is 5.02 Å². The monoisotopic (exact) mass is 451 g/mol. The summed E-state index contributed by atoms with van der Waals surface area (Å²) in [5, 5.41) is 11.5. The molecule has 9 heteroatoms. The van der Waals surface area contributed by atoms with Crippen LogP contribution < -0.4 is 10.1 Å². The normalized spacial score (nSPS) is 10.9. The number of carbonyl (C=O) groups is 1. The van der Waals surface area contributed by atoms with E-state index >= 15 is 0 Å². The first-order valence-corrected chi connectivity index (χ1v) is 10.4. The smallest absolute Gasteiger partial charge is 0.280 e. The number of aromatic nitrogens is 4. The minimum Gasteiger partial charge on any atom is -0.489 e. The molecule has 0 spiro atoms. The number of rotatable bonds is 7. The summed E-state index contributed by atoms with van der Waals surface area (Å²) in [6.45, 7) is 6.39. The van der Waals surface area contributed by atoms with E-state index in [0.29, 0.717) is 22.9 Å². The quantitative estimate of drug-likeness (QED) is 0.436. The summed E-state index contributed by atoms with van der Waals surface area (Å²) < 4.78 is 12.7. The van der Waals surface area contributed by atoms with Crippen LogP contribution in [0.1, 0.15) is 38.5 Å². The third kappa shape index (κ3) is 5.15. The molecule has 0 aliphatic carbocycles. The van der Waals surface area contributed by atoms with Crippen LogP contribution >= 0.6 is 11.6 Å². The molecule has 0 radical (unpaired) electrons. The molecule has 1 N–H and O–H groups in total. The standard InChI is InChI=1S/C23H22ClN5O3/c1-14-8-15(2)10-19(9-14)31-12-20-16(3)32-28-21(20)22(30)26-23-25-13-29(27-23)11-17-4-6-18(24)7-5-17/h4-10,13H,11-12H2,1-3H3,(H,26,27,30). The molecule has 2 aromatic heterocycles. The fourth-order valence-corrected chi connectivity index (χ4v) is 3.40. The topological polar surface area (TPSA) is 95.1 Å². The molecule has 0 aliphatic heterocycles. The summed E-state index contributed by atoms with van der Waals surface area (Å²) in [6.07, 6.45) is 1.54. The molecule has 0 aliphatic rings. The average molecular weight is 452 g/mol. The van der Waals surface area contributed by atoms with E-state index in [9.17, 15) is 4.79 Å². The maximum atomic E-state index is 12.8. The molecule has 1 amide bonds. The Morgan fingerprint density at radius 2 is 1.84 bits per heavy atom. The fraction of sp³-hybridized carbons (Fsp3) is 0.217. The van der Waals surface area contributed by atoms with Gasteiger partial charge < -0.3 is 9.26 Å². The number of halogens is 1. The van der Waals surface area contributed by atoms with Crippen molar-refractivity contribution in [3.63, 3.8) is 0 Å². The van der Waals surface area contributed by atoms with Gasteiger partial charge in [-0.3, -0.25) is 10.1 Å². The molecular formula is C23H22ClN5O3. The van der Waals surface area contributed by atoms with Crippen LogP contribution in [0.15, 0.2) is 53.3 Å². The molecule has 4 aromatic rings. The summed E-state index contributed by atoms with van der Waals surface area (Å²) in [6, 6.07) is 13.4. The third-order valence-corrected chi connectivity index (χ3v) is 5.05. The Balaban J connectivity index is 1.43. The molecule has 2 heterocycles. The lowest BCUT2D eigenvalue weighted by Gasteiger charge is -2.08. The summed E-state index contributed by atoms with van der Waals surface area (Å²) >= 11 is 5.91. The van der Waals surface area contributed by atoms with Gasteiger partial charge in [-0.05, 0) is 61.7 Å². The van der Waals surface area contributed by atoms with Crippen LogP contribution in [0.3, 0.4) is 0 Å². The molecule has 164 valence electrons. The molecule has 2 aromatic carbocycles. The Kier molecular flexibility index (Phi) is 6.23. The van der Waals surface area contributed by atoms with Crippen molar-refractivity contribution in [3.8, 4) is 5.75 Å². The maximum Gasteiger partial charge on any atom is 0.280 e. The van der Waals surface area contributed by atoms with Gasteiger partial charge in [0.1, 0.15) is 24.4 Å². The van der Waals surface area contributed by atoms with Gasteiger partial charge in [-0.1, -0.05) is 35.0 Å². The van der Waals surface area contributed by atoms with Crippen molar-refractivity contribution < 1.29 is 14.1 Å². The fourth-order valence-electron chi connectivity index (χ4n) is 3.28. The SMILES string of the molecule is Cc1cc(C)cc(OCc2c(C(=O)Nc3ncn(Cc4ccc(Cl)cc4)n3)noc2C)c1. The Labute approximate surface area is 190 Å². The summed E-state index contributed by atoms with van der Waals surface area (Å²) in [5.41, 5.74) is 3.92. The zero-order valence-electron chi connectivity index (χ0n) is 17.9. The first-order valence-electron chi connectivity index (χ1n) is 9.99. The minimum absolute atomic E-state index is 0.140. The molecule has 32 heavy (non-hydrogen) atoms. The lowest BCUT2D eigenvalue weighted by Crippen LogP contribution is -2.16. The summed E-state index contributed by atoms with van der Waals surface area (Å²) in [7, 11) is 0. The highest BCUT2D eigenvalue weighted by Crippen LogP contribution is 2.21. The molecule has 0 bridgehead atoms. The van der Waals surface area contributed by atoms with Crippen LogP contribution in [0.2, 0.25) is 5.02 Å². The van der Waals surface area contributed by atoms with Crippen LogP contribution in [0, 0.1) is 20.8 Å². The van der Waals surface area contributed by atoms with Gasteiger partial charge in [0.05, 0.1) is 12.1 Å². The number of hydrogen-bond donors (Lipinski definition) is 1. The lowest BCUT2D eigenvalue weighted by atomic mass is 10.1. The molecule has 0 saturated carbocycles. The highest BCUT2D eigenvalue weighted by molar-refractivity contribution is 6.30. The molecule has 0 unspecified atom stereocenters. The number of benzene rings is 2. The molecule has 4 rings (SSSR count). The highest BCUT2D eigenvalue weighted by atomic mass is 35.5. The van der Waals surface area contributed by atoms with E-state index in [-0.39, 0.29) is 18.2 Å². The van der Waals surface area contributed by atoms with Crippen molar-refractivity contribution >= 4 is 23.5 Å². The van der Waals surface area contributed by atoms with Gasteiger partial charge in [0.15, 0.2) is 5.69 Å². The number of nitrogens with one attached hydrogen (secondary N) is 1. The van der Waals surface area contributed by atoms with Crippen LogP contribution in [-0.2, 0) is 13.2 Å². The molecule has 0 saturated heterocycles. The Bertz CT molecular complexity index is 1230. The van der Waals surface area contributed by atoms with Crippen molar-refractivity contribution in [1.82, 2.24) is 19.9 Å². The zero-order chi connectivity index (χ0) is 22.7. The largest absolute Gasteiger partial charge is 0.489 e. The molecule has 0 atom stereocenters. The number of hydrogen-bond acceptors (Lipinski definition) is 6. The minimum atomic E-state index is -0.467. The number of nitrogens with zero attached hydrogens (tertiary/aromatic N) is 4. The number of aryl methyl sites for hydroxylation is 3. The third-order valence-electron chi connectivity index (χ3n) is 4.80. The number of ether oxygens (including phenoxy) is 1. The molecule has 0 fully saturated rings. The van der Waals surface area contributed by atoms with Gasteiger partial charge >= 0.3 is 0 Å². The van der Waals surface area contributed by atoms with Crippen molar-refractivity contribution in [2.24, 2.45) is 0 Å². The Hall–Kier alpha value is -3.65. The second-order valence-electron chi connectivity index (χ2n) is 7.52. The van der Waals surface area contributed by atoms with Crippen molar-refractivity contribution in [2.75, 3.05) is 5.32 Å². The average Bonchev–Trinajstić information content (AvgIpc) is 3.33. The van der Waals surface area contributed by atoms with Gasteiger partial charge in [0.2, 0.25) is 5.95 Å². The van der Waals surface area contributed by atoms with Crippen LogP contribution in [0.4, 0.5) is 5.95 Å². The highest BCUT2D eigenvalue weighted by Gasteiger charge is 2.21. The summed E-state index contributed by atoms with van der Waals surface area (Å²) in [5.74, 6) is 0.939. The number of amides is 1. The lowest BCUT2D eigenvalue weighted by molar-refractivity contribution is 0.101. The van der Waals surface area contributed by atoms with E-state index in [4.69, 9.17) is 20.9 Å². The van der Waals surface area contributed by atoms with E-state index in [0.717, 1.165) is 22.4 Å². The van der Waals surface area contributed by atoms with E-state index in [1.54, 1.807) is 17.9 Å². The first-order chi connectivity index (χ1) is 15.4. The van der Waals surface area contributed by atoms with Crippen molar-refractivity contribution in [2.45, 2.75) is 33.9 Å². The van der Waals surface area contributed by atoms with Gasteiger partial charge in [-0.25, -0.2) is 9.67 Å². The second kappa shape index (κ2) is 9.23. The van der Waals surface area contributed by atoms with Crippen molar-refractivity contribution in [1.29, 1.82) is 0 Å². The Morgan fingerprint density at radius 1 is 1.12 bits per heavy atom. The summed E-state index contributed by atoms with van der Waals surface area (Å²) in [4.78, 5) is 16.9. The van der Waals surface area contributed by atoms with Gasteiger partial charge in [0.25, 0.3) is 5.91 Å².